The van der Waals surface area contributed by atoms with Crippen molar-refractivity contribution in [1.29, 1.82) is 0 Å². The van der Waals surface area contributed by atoms with Crippen LogP contribution in [-0.4, -0.2) is 51.4 Å². The summed E-state index contributed by atoms with van der Waals surface area (Å²) in [4.78, 5) is 28.3. The van der Waals surface area contributed by atoms with Crippen molar-refractivity contribution in [2.24, 2.45) is 0 Å². The first kappa shape index (κ1) is 32.5. The molecular formula is C29H32Cl3N3O5S. The number of nitrogens with one attached hydrogen (secondary N) is 1. The number of anilines is 1. The summed E-state index contributed by atoms with van der Waals surface area (Å²) in [6.07, 6.45) is 1.65. The Morgan fingerprint density at radius 3 is 2.20 bits per heavy atom. The molecule has 3 rings (SSSR count). The van der Waals surface area contributed by atoms with E-state index in [9.17, 15) is 18.0 Å². The predicted molar refractivity (Wildman–Crippen MR) is 163 cm³/mol. The van der Waals surface area contributed by atoms with E-state index in [1.165, 1.54) is 48.4 Å². The van der Waals surface area contributed by atoms with Crippen molar-refractivity contribution in [3.63, 3.8) is 0 Å². The first-order chi connectivity index (χ1) is 19.5. The van der Waals surface area contributed by atoms with Gasteiger partial charge in [-0.1, -0.05) is 60.3 Å². The second kappa shape index (κ2) is 14.8. The second-order valence-corrected chi connectivity index (χ2v) is 12.3. The van der Waals surface area contributed by atoms with Crippen LogP contribution in [0, 0.1) is 0 Å². The van der Waals surface area contributed by atoms with Crippen molar-refractivity contribution in [1.82, 2.24) is 10.2 Å². The number of halogens is 3. The summed E-state index contributed by atoms with van der Waals surface area (Å²) < 4.78 is 33.9. The predicted octanol–water partition coefficient (Wildman–Crippen LogP) is 6.18. The van der Waals surface area contributed by atoms with Crippen molar-refractivity contribution < 1.29 is 22.7 Å². The topological polar surface area (TPSA) is 96.0 Å². The summed E-state index contributed by atoms with van der Waals surface area (Å²) in [5.74, 6) is -0.557. The number of carbonyl (C=O) groups is 2. The Morgan fingerprint density at radius 2 is 1.61 bits per heavy atom. The van der Waals surface area contributed by atoms with E-state index in [1.807, 2.05) is 6.92 Å². The molecule has 0 saturated carbocycles. The van der Waals surface area contributed by atoms with Gasteiger partial charge in [0.2, 0.25) is 11.8 Å². The molecule has 3 aromatic carbocycles. The number of methoxy groups -OCH3 is 1. The Labute approximate surface area is 256 Å². The van der Waals surface area contributed by atoms with Crippen molar-refractivity contribution in [3.05, 3.63) is 87.4 Å². The molecule has 0 radical (unpaired) electrons. The van der Waals surface area contributed by atoms with Crippen LogP contribution in [0.4, 0.5) is 5.69 Å². The van der Waals surface area contributed by atoms with Crippen molar-refractivity contribution in [2.75, 3.05) is 24.5 Å². The number of hydrogen-bond acceptors (Lipinski definition) is 5. The molecule has 3 aromatic rings. The molecule has 0 bridgehead atoms. The van der Waals surface area contributed by atoms with Crippen LogP contribution in [0.15, 0.2) is 71.6 Å². The zero-order valence-corrected chi connectivity index (χ0v) is 26.0. The number of benzene rings is 3. The Kier molecular flexibility index (Phi) is 11.7. The van der Waals surface area contributed by atoms with Crippen LogP contribution in [0.2, 0.25) is 15.1 Å². The van der Waals surface area contributed by atoms with Gasteiger partial charge in [-0.25, -0.2) is 8.42 Å². The lowest BCUT2D eigenvalue weighted by Crippen LogP contribution is -2.51. The van der Waals surface area contributed by atoms with E-state index in [-0.39, 0.29) is 28.1 Å². The Hall–Kier alpha value is -2.98. The Morgan fingerprint density at radius 1 is 0.976 bits per heavy atom. The Balaban J connectivity index is 2.04. The molecule has 0 spiro atoms. The number of rotatable bonds is 13. The SMILES string of the molecule is CCCCNC(=O)[C@H](C)N(Cc1c(Cl)cccc1Cl)C(=O)CN(c1cccc(Cl)c1)S(=O)(=O)c1ccc(OC)cc1. The molecule has 8 nitrogen and oxygen atoms in total. The number of hydrogen-bond donors (Lipinski definition) is 1. The molecule has 41 heavy (non-hydrogen) atoms. The maximum absolute atomic E-state index is 14.0. The summed E-state index contributed by atoms with van der Waals surface area (Å²) in [5.41, 5.74) is 0.613. The fourth-order valence-electron chi connectivity index (χ4n) is 4.01. The molecule has 1 N–H and O–H groups in total. The van der Waals surface area contributed by atoms with Crippen LogP contribution in [-0.2, 0) is 26.2 Å². The van der Waals surface area contributed by atoms with E-state index < -0.39 is 28.5 Å². The highest BCUT2D eigenvalue weighted by molar-refractivity contribution is 7.92. The quantitative estimate of drug-likeness (QED) is 0.225. The number of ether oxygens (including phenoxy) is 1. The van der Waals surface area contributed by atoms with E-state index >= 15 is 0 Å². The minimum Gasteiger partial charge on any atom is -0.497 e. The van der Waals surface area contributed by atoms with Crippen LogP contribution in [0.25, 0.3) is 0 Å². The van der Waals surface area contributed by atoms with Crippen molar-refractivity contribution in [3.8, 4) is 5.75 Å². The number of unbranched alkanes of at least 4 members (excludes halogenated alkanes) is 1. The van der Waals surface area contributed by atoms with E-state index in [2.05, 4.69) is 5.32 Å². The van der Waals surface area contributed by atoms with Gasteiger partial charge in [0.25, 0.3) is 10.0 Å². The lowest BCUT2D eigenvalue weighted by Gasteiger charge is -2.32. The molecule has 0 aliphatic rings. The average Bonchev–Trinajstić information content (AvgIpc) is 2.95. The van der Waals surface area contributed by atoms with Crippen LogP contribution in [0.1, 0.15) is 32.3 Å². The summed E-state index contributed by atoms with van der Waals surface area (Å²) in [7, 11) is -2.79. The van der Waals surface area contributed by atoms with Gasteiger partial charge >= 0.3 is 0 Å². The van der Waals surface area contributed by atoms with E-state index in [0.29, 0.717) is 27.9 Å². The Bertz CT molecular complexity index is 1450. The van der Waals surface area contributed by atoms with Crippen molar-refractivity contribution >= 4 is 62.3 Å². The van der Waals surface area contributed by atoms with Crippen LogP contribution in [0.3, 0.4) is 0 Å². The number of carbonyl (C=O) groups excluding carboxylic acids is 2. The molecule has 0 aromatic heterocycles. The van der Waals surface area contributed by atoms with Gasteiger partial charge in [-0.3, -0.25) is 13.9 Å². The molecule has 12 heteroatoms. The van der Waals surface area contributed by atoms with Crippen LogP contribution < -0.4 is 14.4 Å². The number of amides is 2. The fraction of sp³-hybridized carbons (Fsp3) is 0.310. The van der Waals surface area contributed by atoms with E-state index in [0.717, 1.165) is 17.1 Å². The summed E-state index contributed by atoms with van der Waals surface area (Å²) in [6.45, 7) is 3.27. The molecule has 1 atom stereocenters. The first-order valence-corrected chi connectivity index (χ1v) is 15.5. The van der Waals surface area contributed by atoms with E-state index in [1.54, 1.807) is 37.3 Å². The lowest BCUT2D eigenvalue weighted by atomic mass is 10.1. The third-order valence-electron chi connectivity index (χ3n) is 6.41. The van der Waals surface area contributed by atoms with Gasteiger partial charge in [0.15, 0.2) is 0 Å². The molecule has 2 amide bonds. The normalized spacial score (nSPS) is 12.0. The molecule has 0 fully saturated rings. The summed E-state index contributed by atoms with van der Waals surface area (Å²) in [5, 5.41) is 3.74. The molecule has 0 saturated heterocycles. The van der Waals surface area contributed by atoms with Crippen LogP contribution in [0.5, 0.6) is 5.75 Å². The molecule has 220 valence electrons. The molecule has 0 aliphatic carbocycles. The molecular weight excluding hydrogens is 609 g/mol. The average molecular weight is 641 g/mol. The number of sulfonamides is 1. The highest BCUT2D eigenvalue weighted by atomic mass is 35.5. The third kappa shape index (κ3) is 8.29. The van der Waals surface area contributed by atoms with Gasteiger partial charge in [0.05, 0.1) is 17.7 Å². The molecule has 0 unspecified atom stereocenters. The minimum atomic E-state index is -4.26. The monoisotopic (exact) mass is 639 g/mol. The second-order valence-electron chi connectivity index (χ2n) is 9.21. The maximum Gasteiger partial charge on any atom is 0.264 e. The van der Waals surface area contributed by atoms with Gasteiger partial charge in [0, 0.05) is 33.7 Å². The minimum absolute atomic E-state index is 0.0582. The van der Waals surface area contributed by atoms with Gasteiger partial charge in [0.1, 0.15) is 18.3 Å². The van der Waals surface area contributed by atoms with Gasteiger partial charge in [-0.15, -0.1) is 0 Å². The smallest absolute Gasteiger partial charge is 0.264 e. The van der Waals surface area contributed by atoms with Gasteiger partial charge < -0.3 is 15.0 Å². The van der Waals surface area contributed by atoms with Crippen LogP contribution >= 0.6 is 34.8 Å². The standard InChI is InChI=1S/C29H32Cl3N3O5S/c1-4-5-16-33-29(37)20(2)34(18-25-26(31)10-7-11-27(25)32)28(36)19-35(22-9-6-8-21(30)17-22)41(38,39)24-14-12-23(40-3)13-15-24/h6-15,17,20H,4-5,16,18-19H2,1-3H3,(H,33,37)/t20-/m0/s1. The van der Waals surface area contributed by atoms with Gasteiger partial charge in [-0.05, 0) is 67.9 Å². The largest absolute Gasteiger partial charge is 0.497 e. The number of nitrogens with zero attached hydrogens (tertiary/aromatic N) is 2. The fourth-order valence-corrected chi connectivity index (χ4v) is 6.11. The highest BCUT2D eigenvalue weighted by Gasteiger charge is 2.33. The molecule has 0 aliphatic heterocycles. The highest BCUT2D eigenvalue weighted by Crippen LogP contribution is 2.29. The zero-order chi connectivity index (χ0) is 30.2. The van der Waals surface area contributed by atoms with Gasteiger partial charge in [-0.2, -0.15) is 0 Å². The molecule has 0 heterocycles. The maximum atomic E-state index is 14.0. The third-order valence-corrected chi connectivity index (χ3v) is 9.14. The lowest BCUT2D eigenvalue weighted by molar-refractivity contribution is -0.139. The van der Waals surface area contributed by atoms with Crippen molar-refractivity contribution in [2.45, 2.75) is 44.2 Å². The van der Waals surface area contributed by atoms with E-state index in [4.69, 9.17) is 39.5 Å². The summed E-state index contributed by atoms with van der Waals surface area (Å²) >= 11 is 19.0. The first-order valence-electron chi connectivity index (χ1n) is 12.9. The summed E-state index contributed by atoms with van der Waals surface area (Å²) in [6, 6.07) is 15.9. The zero-order valence-electron chi connectivity index (χ0n) is 22.9.